The van der Waals surface area contributed by atoms with E-state index < -0.39 is 19.0 Å². The SMILES string of the molecule is CCCCc1noc(C)c1C=Cc1nc(C)c(C(=O)N2CC(F)(F)C2)s1. The molecular weight excluding hydrogens is 360 g/mol. The van der Waals surface area contributed by atoms with Gasteiger partial charge in [0.1, 0.15) is 15.6 Å². The molecule has 0 bridgehead atoms. The van der Waals surface area contributed by atoms with Crippen molar-refractivity contribution in [2.24, 2.45) is 0 Å². The summed E-state index contributed by atoms with van der Waals surface area (Å²) in [7, 11) is 0. The maximum Gasteiger partial charge on any atom is 0.282 e. The highest BCUT2D eigenvalue weighted by Gasteiger charge is 2.47. The van der Waals surface area contributed by atoms with Crippen molar-refractivity contribution in [1.29, 1.82) is 0 Å². The van der Waals surface area contributed by atoms with Crippen LogP contribution >= 0.6 is 11.3 Å². The fourth-order valence-corrected chi connectivity index (χ4v) is 3.74. The number of aromatic nitrogens is 2. The van der Waals surface area contributed by atoms with Gasteiger partial charge in [0.15, 0.2) is 0 Å². The number of alkyl halides is 2. The minimum Gasteiger partial charge on any atom is -0.361 e. The standard InChI is InChI=1S/C18H21F2N3O2S/c1-4-5-6-14-13(12(3)25-22-14)7-8-15-21-11(2)16(26-15)17(24)23-9-18(19,20)10-23/h7-8H,4-6,9-10H2,1-3H3. The molecule has 1 amide bonds. The smallest absolute Gasteiger partial charge is 0.282 e. The molecule has 1 fully saturated rings. The number of carbonyl (C=O) groups is 1. The molecule has 1 aliphatic heterocycles. The highest BCUT2D eigenvalue weighted by atomic mass is 32.1. The van der Waals surface area contributed by atoms with Crippen LogP contribution in [0.4, 0.5) is 8.78 Å². The molecule has 3 rings (SSSR count). The van der Waals surface area contributed by atoms with E-state index in [0.717, 1.165) is 41.2 Å². The summed E-state index contributed by atoms with van der Waals surface area (Å²) in [6.07, 6.45) is 6.65. The quantitative estimate of drug-likeness (QED) is 0.746. The Hall–Kier alpha value is -2.09. The van der Waals surface area contributed by atoms with Gasteiger partial charge in [-0.25, -0.2) is 13.8 Å². The number of hydrogen-bond acceptors (Lipinski definition) is 5. The predicted octanol–water partition coefficient (Wildman–Crippen LogP) is 4.35. The van der Waals surface area contributed by atoms with E-state index in [1.165, 1.54) is 11.3 Å². The Bertz CT molecular complexity index is 834. The third-order valence-electron chi connectivity index (χ3n) is 4.28. The number of halogens is 2. The zero-order chi connectivity index (χ0) is 18.9. The summed E-state index contributed by atoms with van der Waals surface area (Å²) in [5.41, 5.74) is 2.40. The Morgan fingerprint density at radius 1 is 1.35 bits per heavy atom. The summed E-state index contributed by atoms with van der Waals surface area (Å²) in [5.74, 6) is -2.41. The van der Waals surface area contributed by atoms with E-state index in [4.69, 9.17) is 4.52 Å². The largest absolute Gasteiger partial charge is 0.361 e. The number of rotatable bonds is 6. The van der Waals surface area contributed by atoms with Crippen molar-refractivity contribution in [1.82, 2.24) is 15.0 Å². The van der Waals surface area contributed by atoms with Crippen LogP contribution in [0.3, 0.4) is 0 Å². The van der Waals surface area contributed by atoms with Crippen molar-refractivity contribution in [3.05, 3.63) is 32.6 Å². The summed E-state index contributed by atoms with van der Waals surface area (Å²) in [4.78, 5) is 18.3. The summed E-state index contributed by atoms with van der Waals surface area (Å²) in [6.45, 7) is 4.65. The van der Waals surface area contributed by atoms with Crippen LogP contribution in [-0.4, -0.2) is 40.0 Å². The molecule has 0 saturated carbocycles. The fraction of sp³-hybridized carbons (Fsp3) is 0.500. The molecule has 8 heteroatoms. The van der Waals surface area contributed by atoms with Gasteiger partial charge in [-0.15, -0.1) is 11.3 Å². The molecule has 1 saturated heterocycles. The van der Waals surface area contributed by atoms with Crippen molar-refractivity contribution >= 4 is 29.4 Å². The van der Waals surface area contributed by atoms with Gasteiger partial charge in [0.25, 0.3) is 11.8 Å². The molecule has 0 aliphatic carbocycles. The van der Waals surface area contributed by atoms with E-state index >= 15 is 0 Å². The number of unbranched alkanes of at least 4 members (excludes halogenated alkanes) is 1. The van der Waals surface area contributed by atoms with Crippen LogP contribution in [0.1, 0.15) is 57.2 Å². The van der Waals surface area contributed by atoms with Gasteiger partial charge in [0.2, 0.25) is 0 Å². The van der Waals surface area contributed by atoms with Crippen LogP contribution in [0.15, 0.2) is 4.52 Å². The molecule has 26 heavy (non-hydrogen) atoms. The third kappa shape index (κ3) is 3.85. The van der Waals surface area contributed by atoms with Crippen LogP contribution in [0, 0.1) is 13.8 Å². The fourth-order valence-electron chi connectivity index (χ4n) is 2.80. The maximum absolute atomic E-state index is 13.0. The zero-order valence-electron chi connectivity index (χ0n) is 15.0. The number of nitrogens with zero attached hydrogens (tertiary/aromatic N) is 3. The number of amides is 1. The Balaban J connectivity index is 1.75. The average Bonchev–Trinajstić information content (AvgIpc) is 3.10. The molecule has 0 atom stereocenters. The van der Waals surface area contributed by atoms with Crippen molar-refractivity contribution < 1.29 is 18.1 Å². The summed E-state index contributed by atoms with van der Waals surface area (Å²) < 4.78 is 31.2. The van der Waals surface area contributed by atoms with Gasteiger partial charge in [0.05, 0.1) is 24.5 Å². The molecule has 2 aromatic heterocycles. The van der Waals surface area contributed by atoms with E-state index in [-0.39, 0.29) is 5.91 Å². The molecule has 5 nitrogen and oxygen atoms in total. The molecule has 0 aromatic carbocycles. The molecule has 3 heterocycles. The number of hydrogen-bond donors (Lipinski definition) is 0. The second-order valence-electron chi connectivity index (χ2n) is 6.52. The second-order valence-corrected chi connectivity index (χ2v) is 7.55. The van der Waals surface area contributed by atoms with Crippen LogP contribution in [-0.2, 0) is 6.42 Å². The Kier molecular flexibility index (Phi) is 5.22. The zero-order valence-corrected chi connectivity index (χ0v) is 15.8. The maximum atomic E-state index is 13.0. The number of thiazole rings is 1. The van der Waals surface area contributed by atoms with Gasteiger partial charge in [-0.2, -0.15) is 0 Å². The topological polar surface area (TPSA) is 59.2 Å². The number of aryl methyl sites for hydroxylation is 3. The normalized spacial score (nSPS) is 16.3. The monoisotopic (exact) mass is 381 g/mol. The molecule has 0 unspecified atom stereocenters. The van der Waals surface area contributed by atoms with Crippen LogP contribution in [0.2, 0.25) is 0 Å². The molecule has 0 spiro atoms. The molecular formula is C18H21F2N3O2S. The molecule has 2 aromatic rings. The van der Waals surface area contributed by atoms with Gasteiger partial charge < -0.3 is 9.42 Å². The Morgan fingerprint density at radius 3 is 2.73 bits per heavy atom. The van der Waals surface area contributed by atoms with Gasteiger partial charge in [-0.3, -0.25) is 4.79 Å². The molecule has 0 N–H and O–H groups in total. The average molecular weight is 381 g/mol. The van der Waals surface area contributed by atoms with Crippen molar-refractivity contribution in [2.45, 2.75) is 46.0 Å². The Labute approximate surface area is 154 Å². The highest BCUT2D eigenvalue weighted by Crippen LogP contribution is 2.31. The highest BCUT2D eigenvalue weighted by molar-refractivity contribution is 7.14. The minimum atomic E-state index is -2.77. The lowest BCUT2D eigenvalue weighted by Gasteiger charge is -2.38. The Morgan fingerprint density at radius 2 is 2.08 bits per heavy atom. The van der Waals surface area contributed by atoms with Crippen LogP contribution in [0.5, 0.6) is 0 Å². The first-order chi connectivity index (χ1) is 12.3. The first-order valence-corrected chi connectivity index (χ1v) is 9.40. The van der Waals surface area contributed by atoms with E-state index in [0.29, 0.717) is 15.6 Å². The summed E-state index contributed by atoms with van der Waals surface area (Å²) in [6, 6.07) is 0. The lowest BCUT2D eigenvalue weighted by molar-refractivity contribution is -0.112. The van der Waals surface area contributed by atoms with Crippen LogP contribution in [0.25, 0.3) is 12.2 Å². The van der Waals surface area contributed by atoms with E-state index in [9.17, 15) is 13.6 Å². The summed E-state index contributed by atoms with van der Waals surface area (Å²) in [5, 5.41) is 4.75. The van der Waals surface area contributed by atoms with Crippen LogP contribution < -0.4 is 0 Å². The first kappa shape index (κ1) is 18.7. The third-order valence-corrected chi connectivity index (χ3v) is 5.39. The minimum absolute atomic E-state index is 0.379. The van der Waals surface area contributed by atoms with Gasteiger partial charge in [0, 0.05) is 5.56 Å². The van der Waals surface area contributed by atoms with E-state index in [1.54, 1.807) is 6.92 Å². The van der Waals surface area contributed by atoms with Gasteiger partial charge >= 0.3 is 0 Å². The first-order valence-electron chi connectivity index (χ1n) is 8.58. The van der Waals surface area contributed by atoms with Gasteiger partial charge in [-0.05, 0) is 38.8 Å². The van der Waals surface area contributed by atoms with Crippen molar-refractivity contribution in [2.75, 3.05) is 13.1 Å². The van der Waals surface area contributed by atoms with Crippen molar-refractivity contribution in [3.63, 3.8) is 0 Å². The van der Waals surface area contributed by atoms with E-state index in [2.05, 4.69) is 17.1 Å². The number of likely N-dealkylation sites (tertiary alicyclic amines) is 1. The molecule has 0 radical (unpaired) electrons. The molecule has 1 aliphatic rings. The number of carbonyl (C=O) groups excluding carboxylic acids is 1. The van der Waals surface area contributed by atoms with E-state index in [1.807, 2.05) is 19.1 Å². The van der Waals surface area contributed by atoms with Gasteiger partial charge in [-0.1, -0.05) is 18.5 Å². The summed E-state index contributed by atoms with van der Waals surface area (Å²) >= 11 is 1.21. The second kappa shape index (κ2) is 7.26. The lowest BCUT2D eigenvalue weighted by Crippen LogP contribution is -2.58. The van der Waals surface area contributed by atoms with Crippen molar-refractivity contribution in [3.8, 4) is 0 Å². The predicted molar refractivity (Wildman–Crippen MR) is 96.5 cm³/mol. The molecule has 140 valence electrons. The lowest BCUT2D eigenvalue weighted by atomic mass is 10.1.